The van der Waals surface area contributed by atoms with Crippen LogP contribution in [0, 0.1) is 0 Å². The third-order valence-corrected chi connectivity index (χ3v) is 3.66. The summed E-state index contributed by atoms with van der Waals surface area (Å²) in [7, 11) is 0. The van der Waals surface area contributed by atoms with Gasteiger partial charge in [0.25, 0.3) is 0 Å². The monoisotopic (exact) mass is 302 g/mol. The SMILES string of the molecule is OCOc1c(-c2ccccc2)cc(Cl)c(Cl)c1Cl. The summed E-state index contributed by atoms with van der Waals surface area (Å²) in [6.07, 6.45) is 0. The van der Waals surface area contributed by atoms with Crippen LogP contribution < -0.4 is 4.74 Å². The van der Waals surface area contributed by atoms with E-state index in [2.05, 4.69) is 0 Å². The van der Waals surface area contributed by atoms with Crippen molar-refractivity contribution in [3.8, 4) is 16.9 Å². The maximum atomic E-state index is 8.92. The summed E-state index contributed by atoms with van der Waals surface area (Å²) in [5, 5.41) is 9.66. The third kappa shape index (κ3) is 2.57. The highest BCUT2D eigenvalue weighted by Gasteiger charge is 2.17. The van der Waals surface area contributed by atoms with Crippen molar-refractivity contribution in [3.05, 3.63) is 51.5 Å². The summed E-state index contributed by atoms with van der Waals surface area (Å²) in [6, 6.07) is 11.1. The average Bonchev–Trinajstić information content (AvgIpc) is 2.40. The smallest absolute Gasteiger partial charge is 0.186 e. The maximum Gasteiger partial charge on any atom is 0.186 e. The fourth-order valence-electron chi connectivity index (χ4n) is 1.62. The second-order valence-electron chi connectivity index (χ2n) is 3.50. The molecule has 0 saturated carbocycles. The molecule has 0 amide bonds. The van der Waals surface area contributed by atoms with Crippen LogP contribution in [0.3, 0.4) is 0 Å². The van der Waals surface area contributed by atoms with E-state index in [1.54, 1.807) is 6.07 Å². The molecular weight excluding hydrogens is 294 g/mol. The van der Waals surface area contributed by atoms with Crippen molar-refractivity contribution in [1.29, 1.82) is 0 Å². The first kappa shape index (κ1) is 13.5. The molecule has 2 nitrogen and oxygen atoms in total. The number of aliphatic hydroxyl groups is 1. The highest BCUT2D eigenvalue weighted by atomic mass is 35.5. The number of aliphatic hydroxyl groups excluding tert-OH is 1. The van der Waals surface area contributed by atoms with Crippen LogP contribution in [0.5, 0.6) is 5.75 Å². The van der Waals surface area contributed by atoms with Gasteiger partial charge in [0.05, 0.1) is 10.0 Å². The Labute approximate surface area is 120 Å². The molecule has 1 N–H and O–H groups in total. The predicted octanol–water partition coefficient (Wildman–Crippen LogP) is 4.64. The van der Waals surface area contributed by atoms with Gasteiger partial charge >= 0.3 is 0 Å². The van der Waals surface area contributed by atoms with E-state index in [9.17, 15) is 0 Å². The molecule has 0 aliphatic heterocycles. The van der Waals surface area contributed by atoms with Gasteiger partial charge in [0.2, 0.25) is 0 Å². The summed E-state index contributed by atoms with van der Waals surface area (Å²) >= 11 is 18.0. The van der Waals surface area contributed by atoms with Crippen LogP contribution in [0.15, 0.2) is 36.4 Å². The van der Waals surface area contributed by atoms with E-state index in [0.29, 0.717) is 16.3 Å². The molecule has 2 aromatic carbocycles. The minimum atomic E-state index is -0.489. The van der Waals surface area contributed by atoms with Crippen molar-refractivity contribution < 1.29 is 9.84 Å². The molecule has 2 aromatic rings. The van der Waals surface area contributed by atoms with E-state index < -0.39 is 6.79 Å². The standard InChI is InChI=1S/C13H9Cl3O2/c14-10-6-9(8-4-2-1-3-5-8)13(18-7-17)12(16)11(10)15/h1-6,17H,7H2. The van der Waals surface area contributed by atoms with Crippen LogP contribution in [-0.2, 0) is 0 Å². The van der Waals surface area contributed by atoms with Gasteiger partial charge in [-0.05, 0) is 11.6 Å². The molecule has 5 heteroatoms. The second kappa shape index (κ2) is 5.81. The molecule has 0 spiro atoms. The Bertz CT molecular complexity index is 556. The second-order valence-corrected chi connectivity index (χ2v) is 4.67. The highest BCUT2D eigenvalue weighted by molar-refractivity contribution is 6.49. The topological polar surface area (TPSA) is 29.5 Å². The van der Waals surface area contributed by atoms with Gasteiger partial charge < -0.3 is 9.84 Å². The van der Waals surface area contributed by atoms with Crippen molar-refractivity contribution in [2.45, 2.75) is 0 Å². The molecule has 18 heavy (non-hydrogen) atoms. The zero-order chi connectivity index (χ0) is 13.1. The van der Waals surface area contributed by atoms with E-state index in [1.807, 2.05) is 30.3 Å². The molecule has 0 aromatic heterocycles. The van der Waals surface area contributed by atoms with Crippen molar-refractivity contribution in [2.24, 2.45) is 0 Å². The van der Waals surface area contributed by atoms with Gasteiger partial charge in [0, 0.05) is 5.56 Å². The number of rotatable bonds is 3. The largest absolute Gasteiger partial charge is 0.465 e. The van der Waals surface area contributed by atoms with E-state index >= 15 is 0 Å². The van der Waals surface area contributed by atoms with Gasteiger partial charge in [-0.25, -0.2) is 0 Å². The van der Waals surface area contributed by atoms with Gasteiger partial charge in [-0.15, -0.1) is 0 Å². The lowest BCUT2D eigenvalue weighted by atomic mass is 10.0. The third-order valence-electron chi connectivity index (χ3n) is 2.41. The summed E-state index contributed by atoms with van der Waals surface area (Å²) in [5.74, 6) is 0.319. The molecule has 0 aliphatic rings. The molecule has 0 fully saturated rings. The van der Waals surface area contributed by atoms with Crippen LogP contribution in [0.4, 0.5) is 0 Å². The van der Waals surface area contributed by atoms with Gasteiger partial charge in [-0.2, -0.15) is 0 Å². The Morgan fingerprint density at radius 3 is 2.28 bits per heavy atom. The highest BCUT2D eigenvalue weighted by Crippen LogP contribution is 2.44. The lowest BCUT2D eigenvalue weighted by molar-refractivity contribution is 0.0992. The Balaban J connectivity index is 2.66. The van der Waals surface area contributed by atoms with Gasteiger partial charge in [-0.3, -0.25) is 0 Å². The van der Waals surface area contributed by atoms with Gasteiger partial charge in [0.15, 0.2) is 12.5 Å². The lowest BCUT2D eigenvalue weighted by Gasteiger charge is -2.14. The molecule has 0 saturated heterocycles. The first-order valence-electron chi connectivity index (χ1n) is 5.11. The minimum absolute atomic E-state index is 0.192. The van der Waals surface area contributed by atoms with E-state index in [0.717, 1.165) is 5.56 Å². The van der Waals surface area contributed by atoms with Crippen LogP contribution in [0.2, 0.25) is 15.1 Å². The molecule has 0 unspecified atom stereocenters. The van der Waals surface area contributed by atoms with E-state index in [4.69, 9.17) is 44.6 Å². The Morgan fingerprint density at radius 2 is 1.67 bits per heavy atom. The summed E-state index contributed by atoms with van der Waals surface area (Å²) in [5.41, 5.74) is 1.56. The van der Waals surface area contributed by atoms with Crippen molar-refractivity contribution in [2.75, 3.05) is 6.79 Å². The predicted molar refractivity (Wildman–Crippen MR) is 74.6 cm³/mol. The molecule has 94 valence electrons. The zero-order valence-corrected chi connectivity index (χ0v) is 11.4. The minimum Gasteiger partial charge on any atom is -0.465 e. The molecule has 0 aliphatic carbocycles. The normalized spacial score (nSPS) is 10.4. The first-order chi connectivity index (χ1) is 8.65. The average molecular weight is 304 g/mol. The lowest BCUT2D eigenvalue weighted by Crippen LogP contribution is -1.98. The molecule has 0 bridgehead atoms. The number of hydrogen-bond donors (Lipinski definition) is 1. The van der Waals surface area contributed by atoms with Crippen LogP contribution >= 0.6 is 34.8 Å². The Morgan fingerprint density at radius 1 is 1.00 bits per heavy atom. The maximum absolute atomic E-state index is 8.92. The van der Waals surface area contributed by atoms with Gasteiger partial charge in [0.1, 0.15) is 5.02 Å². The quantitative estimate of drug-likeness (QED) is 0.661. The van der Waals surface area contributed by atoms with E-state index in [-0.39, 0.29) is 10.0 Å². The van der Waals surface area contributed by atoms with Crippen LogP contribution in [-0.4, -0.2) is 11.9 Å². The summed E-state index contributed by atoms with van der Waals surface area (Å²) in [6.45, 7) is -0.489. The fraction of sp³-hybridized carbons (Fsp3) is 0.0769. The first-order valence-corrected chi connectivity index (χ1v) is 6.25. The number of benzene rings is 2. The molecular formula is C13H9Cl3O2. The number of halogens is 3. The molecule has 2 rings (SSSR count). The van der Waals surface area contributed by atoms with Gasteiger partial charge in [-0.1, -0.05) is 65.1 Å². The summed E-state index contributed by atoms with van der Waals surface area (Å²) in [4.78, 5) is 0. The molecule has 0 radical (unpaired) electrons. The fourth-order valence-corrected chi connectivity index (χ4v) is 2.27. The van der Waals surface area contributed by atoms with Crippen molar-refractivity contribution in [1.82, 2.24) is 0 Å². The summed E-state index contributed by atoms with van der Waals surface area (Å²) < 4.78 is 5.14. The number of hydrogen-bond acceptors (Lipinski definition) is 2. The van der Waals surface area contributed by atoms with Crippen LogP contribution in [0.1, 0.15) is 0 Å². The zero-order valence-electron chi connectivity index (χ0n) is 9.16. The molecule has 0 heterocycles. The van der Waals surface area contributed by atoms with Crippen LogP contribution in [0.25, 0.3) is 11.1 Å². The van der Waals surface area contributed by atoms with Crippen molar-refractivity contribution in [3.63, 3.8) is 0 Å². The van der Waals surface area contributed by atoms with E-state index in [1.165, 1.54) is 0 Å². The Kier molecular flexibility index (Phi) is 4.36. The number of ether oxygens (including phenoxy) is 1. The molecule has 0 atom stereocenters. The van der Waals surface area contributed by atoms with Crippen molar-refractivity contribution >= 4 is 34.8 Å². The Hall–Kier alpha value is -0.930.